The first-order valence-electron chi connectivity index (χ1n) is 12.0. The maximum Gasteiger partial charge on any atom is 0.178 e. The molecule has 2 heterocycles. The Kier molecular flexibility index (Phi) is 4.76. The highest BCUT2D eigenvalue weighted by Gasteiger charge is 2.38. The van der Waals surface area contributed by atoms with Gasteiger partial charge in [-0.15, -0.1) is 0 Å². The van der Waals surface area contributed by atoms with E-state index in [9.17, 15) is 0 Å². The molecule has 1 atom stereocenters. The first kappa shape index (κ1) is 20.1. The molecule has 0 aromatic heterocycles. The van der Waals surface area contributed by atoms with Crippen molar-refractivity contribution >= 4 is 22.5 Å². The van der Waals surface area contributed by atoms with Crippen LogP contribution in [0.25, 0.3) is 16.8 Å². The molecule has 0 aliphatic carbocycles. The average Bonchev–Trinajstić information content (AvgIpc) is 3.39. The van der Waals surface area contributed by atoms with E-state index in [2.05, 4.69) is 110 Å². The van der Waals surface area contributed by atoms with E-state index in [1.165, 1.54) is 46.0 Å². The molecule has 6 rings (SSSR count). The van der Waals surface area contributed by atoms with Gasteiger partial charge in [-0.1, -0.05) is 78.4 Å². The molecule has 2 aliphatic heterocycles. The van der Waals surface area contributed by atoms with Gasteiger partial charge in [-0.3, -0.25) is 0 Å². The summed E-state index contributed by atoms with van der Waals surface area (Å²) in [6.07, 6.45) is 7.06. The predicted molar refractivity (Wildman–Crippen MR) is 138 cm³/mol. The summed E-state index contributed by atoms with van der Waals surface area (Å²) in [4.78, 5) is 2.48. The topological polar surface area (TPSA) is 12.5 Å². The summed E-state index contributed by atoms with van der Waals surface area (Å²) in [6.45, 7) is 6.62. The molecule has 1 unspecified atom stereocenters. The first-order chi connectivity index (χ1) is 16.1. The maximum absolute atomic E-state index is 7.09. The van der Waals surface area contributed by atoms with Gasteiger partial charge in [0.2, 0.25) is 0 Å². The van der Waals surface area contributed by atoms with Crippen LogP contribution in [0.15, 0.2) is 84.9 Å². The Morgan fingerprint density at radius 3 is 2.27 bits per heavy atom. The standard InChI is InChI=1S/C31H29NO/c1-22-10-15-29-24(20-22)21-23(2)28-16-17-31(33-30(28)29,25-8-4-3-5-9-25)26-11-13-27(14-12-26)32-18-6-7-19-32/h3-5,8-17,20-21H,6-7,18-19H2,1-2H3. The summed E-state index contributed by atoms with van der Waals surface area (Å²) in [5.41, 5.74) is 6.61. The van der Waals surface area contributed by atoms with Gasteiger partial charge in [0.15, 0.2) is 5.60 Å². The van der Waals surface area contributed by atoms with Crippen LogP contribution < -0.4 is 9.64 Å². The number of benzene rings is 4. The smallest absolute Gasteiger partial charge is 0.178 e. The van der Waals surface area contributed by atoms with Gasteiger partial charge in [0.05, 0.1) is 0 Å². The lowest BCUT2D eigenvalue weighted by Crippen LogP contribution is -2.34. The minimum atomic E-state index is -0.663. The van der Waals surface area contributed by atoms with E-state index in [1.807, 2.05) is 0 Å². The molecule has 1 fully saturated rings. The maximum atomic E-state index is 7.09. The van der Waals surface area contributed by atoms with Crippen molar-refractivity contribution in [2.75, 3.05) is 18.0 Å². The fourth-order valence-corrected chi connectivity index (χ4v) is 5.41. The second-order valence-corrected chi connectivity index (χ2v) is 9.44. The van der Waals surface area contributed by atoms with Crippen LogP contribution in [0.2, 0.25) is 0 Å². The van der Waals surface area contributed by atoms with Crippen LogP contribution in [0.4, 0.5) is 5.69 Å². The molecule has 33 heavy (non-hydrogen) atoms. The van der Waals surface area contributed by atoms with Gasteiger partial charge in [0, 0.05) is 40.9 Å². The van der Waals surface area contributed by atoms with Gasteiger partial charge in [0.1, 0.15) is 5.75 Å². The number of hydrogen-bond acceptors (Lipinski definition) is 2. The molecule has 0 amide bonds. The lowest BCUT2D eigenvalue weighted by atomic mass is 9.82. The molecule has 0 spiro atoms. The second-order valence-electron chi connectivity index (χ2n) is 9.44. The van der Waals surface area contributed by atoms with Crippen LogP contribution in [0.5, 0.6) is 5.75 Å². The van der Waals surface area contributed by atoms with E-state index in [-0.39, 0.29) is 0 Å². The van der Waals surface area contributed by atoms with Crippen LogP contribution in [0, 0.1) is 13.8 Å². The van der Waals surface area contributed by atoms with Crippen LogP contribution in [-0.4, -0.2) is 13.1 Å². The Morgan fingerprint density at radius 2 is 1.52 bits per heavy atom. The molecule has 0 bridgehead atoms. The largest absolute Gasteiger partial charge is 0.472 e. The van der Waals surface area contributed by atoms with Gasteiger partial charge >= 0.3 is 0 Å². The zero-order chi connectivity index (χ0) is 22.4. The molecular weight excluding hydrogens is 402 g/mol. The SMILES string of the molecule is Cc1ccc2c3c(c(C)cc2c1)C=CC(c1ccccc1)(c1ccc(N2CCCC2)cc1)O3. The number of fused-ring (bicyclic) bond motifs is 3. The van der Waals surface area contributed by atoms with Crippen molar-refractivity contribution in [3.8, 4) is 5.75 Å². The molecule has 0 radical (unpaired) electrons. The highest BCUT2D eigenvalue weighted by atomic mass is 16.5. The quantitative estimate of drug-likeness (QED) is 0.335. The van der Waals surface area contributed by atoms with E-state index in [1.54, 1.807) is 0 Å². The van der Waals surface area contributed by atoms with Crippen molar-refractivity contribution in [2.24, 2.45) is 0 Å². The third-order valence-electron chi connectivity index (χ3n) is 7.21. The third kappa shape index (κ3) is 3.33. The number of anilines is 1. The molecule has 4 aromatic carbocycles. The molecule has 2 aliphatic rings. The zero-order valence-corrected chi connectivity index (χ0v) is 19.3. The van der Waals surface area contributed by atoms with Crippen molar-refractivity contribution in [3.63, 3.8) is 0 Å². The summed E-state index contributed by atoms with van der Waals surface area (Å²) in [5.74, 6) is 0.972. The van der Waals surface area contributed by atoms with Gasteiger partial charge < -0.3 is 9.64 Å². The van der Waals surface area contributed by atoms with Crippen molar-refractivity contribution in [2.45, 2.75) is 32.3 Å². The van der Waals surface area contributed by atoms with E-state index < -0.39 is 5.60 Å². The van der Waals surface area contributed by atoms with Crippen molar-refractivity contribution in [3.05, 3.63) is 113 Å². The fourth-order valence-electron chi connectivity index (χ4n) is 5.41. The summed E-state index contributed by atoms with van der Waals surface area (Å²) < 4.78 is 7.09. The first-order valence-corrected chi connectivity index (χ1v) is 12.0. The Morgan fingerprint density at radius 1 is 0.788 bits per heavy atom. The summed E-state index contributed by atoms with van der Waals surface area (Å²) in [6, 6.07) is 28.5. The van der Waals surface area contributed by atoms with Crippen LogP contribution in [0.1, 0.15) is 40.7 Å². The lowest BCUT2D eigenvalue weighted by molar-refractivity contribution is 0.163. The normalized spacial score (nSPS) is 19.5. The van der Waals surface area contributed by atoms with Crippen LogP contribution >= 0.6 is 0 Å². The molecule has 4 aromatic rings. The molecule has 0 N–H and O–H groups in total. The highest BCUT2D eigenvalue weighted by Crippen LogP contribution is 2.46. The number of ether oxygens (including phenoxy) is 1. The average molecular weight is 432 g/mol. The number of nitrogens with zero attached hydrogens (tertiary/aromatic N) is 1. The molecule has 2 nitrogen and oxygen atoms in total. The molecule has 1 saturated heterocycles. The predicted octanol–water partition coefficient (Wildman–Crippen LogP) is 7.41. The molecule has 0 saturated carbocycles. The van der Waals surface area contributed by atoms with Gasteiger partial charge in [-0.05, 0) is 55.8 Å². The molecular formula is C31H29NO. The third-order valence-corrected chi connectivity index (χ3v) is 7.21. The summed E-state index contributed by atoms with van der Waals surface area (Å²) in [7, 11) is 0. The Hall–Kier alpha value is -3.52. The lowest BCUT2D eigenvalue weighted by Gasteiger charge is -2.37. The van der Waals surface area contributed by atoms with E-state index in [4.69, 9.17) is 4.74 Å². The Bertz CT molecular complexity index is 1350. The highest BCUT2D eigenvalue weighted by molar-refractivity contribution is 5.94. The zero-order valence-electron chi connectivity index (χ0n) is 19.3. The number of hydrogen-bond donors (Lipinski definition) is 0. The summed E-state index contributed by atoms with van der Waals surface area (Å²) in [5, 5.41) is 2.40. The number of aryl methyl sites for hydroxylation is 2. The minimum Gasteiger partial charge on any atom is -0.472 e. The molecule has 164 valence electrons. The number of rotatable bonds is 3. The molecule has 2 heteroatoms. The van der Waals surface area contributed by atoms with Gasteiger partial charge in [0.25, 0.3) is 0 Å². The second kappa shape index (κ2) is 7.81. The minimum absolute atomic E-state index is 0.663. The van der Waals surface area contributed by atoms with Gasteiger partial charge in [-0.25, -0.2) is 0 Å². The van der Waals surface area contributed by atoms with Crippen molar-refractivity contribution in [1.82, 2.24) is 0 Å². The Balaban J connectivity index is 1.52. The fraction of sp³-hybridized carbons (Fsp3) is 0.226. The van der Waals surface area contributed by atoms with Crippen molar-refractivity contribution < 1.29 is 4.74 Å². The van der Waals surface area contributed by atoms with E-state index in [0.717, 1.165) is 30.0 Å². The monoisotopic (exact) mass is 431 g/mol. The Labute approximate surface area is 196 Å². The van der Waals surface area contributed by atoms with E-state index in [0.29, 0.717) is 0 Å². The van der Waals surface area contributed by atoms with Crippen LogP contribution in [-0.2, 0) is 5.60 Å². The van der Waals surface area contributed by atoms with Gasteiger partial charge in [-0.2, -0.15) is 0 Å². The van der Waals surface area contributed by atoms with E-state index >= 15 is 0 Å². The summed E-state index contributed by atoms with van der Waals surface area (Å²) >= 11 is 0. The van der Waals surface area contributed by atoms with Crippen molar-refractivity contribution in [1.29, 1.82) is 0 Å². The van der Waals surface area contributed by atoms with Crippen LogP contribution in [0.3, 0.4) is 0 Å².